The molecule has 0 spiro atoms. The van der Waals surface area contributed by atoms with Crippen LogP contribution in [0.15, 0.2) is 107 Å². The highest BCUT2D eigenvalue weighted by Gasteiger charge is 2.38. The number of nitriles is 2. The smallest absolute Gasteiger partial charge is 0.573 e. The van der Waals surface area contributed by atoms with Crippen molar-refractivity contribution in [3.63, 3.8) is 0 Å². The Bertz CT molecular complexity index is 2960. The van der Waals surface area contributed by atoms with Gasteiger partial charge in [-0.05, 0) is 97.8 Å². The lowest BCUT2D eigenvalue weighted by Gasteiger charge is -2.24. The second-order valence-corrected chi connectivity index (χ2v) is 18.3. The topological polar surface area (TPSA) is 198 Å². The first-order chi connectivity index (χ1) is 33.7. The fourth-order valence-corrected chi connectivity index (χ4v) is 8.38. The summed E-state index contributed by atoms with van der Waals surface area (Å²) in [5, 5.41) is 52.0. The number of nitrogens with zero attached hydrogens (tertiary/aromatic N) is 11. The van der Waals surface area contributed by atoms with Crippen LogP contribution in [0.1, 0.15) is 43.0 Å². The monoisotopic (exact) mass is 1200 g/mol. The minimum absolute atomic E-state index is 0. The van der Waals surface area contributed by atoms with Crippen molar-refractivity contribution < 1.29 is 62.4 Å². The Morgan fingerprint density at radius 1 is 0.708 bits per heavy atom. The Balaban J connectivity index is 0.000000247. The van der Waals surface area contributed by atoms with Gasteiger partial charge in [-0.1, -0.05) is 63.4 Å². The van der Waals surface area contributed by atoms with E-state index in [2.05, 4.69) is 61.3 Å². The third-order valence-electron chi connectivity index (χ3n) is 9.48. The molecule has 4 amide bonds. The molecule has 4 heterocycles. The number of benzene rings is 4. The van der Waals surface area contributed by atoms with Crippen LogP contribution in [0.4, 0.5) is 47.3 Å². The molecular formula is C44H33Br2Cl2F6N12O4S2-. The summed E-state index contributed by atoms with van der Waals surface area (Å²) in [5.41, 5.74) is 3.26. The fraction of sp³-hybridized carbons (Fsp3) is 0.227. The molecule has 2 aliphatic heterocycles. The van der Waals surface area contributed by atoms with E-state index in [1.54, 1.807) is 36.4 Å². The molecule has 0 saturated carbocycles. The normalized spacial score (nSPS) is 15.0. The number of nitrogens with one attached hydrogen (secondary N) is 1. The summed E-state index contributed by atoms with van der Waals surface area (Å²) in [6.45, 7) is 3.68. The van der Waals surface area contributed by atoms with Crippen molar-refractivity contribution in [2.75, 3.05) is 35.2 Å². The lowest BCUT2D eigenvalue weighted by atomic mass is 9.98. The quantitative estimate of drug-likeness (QED) is 0.0830. The molecule has 2 atom stereocenters. The number of amides is 4. The summed E-state index contributed by atoms with van der Waals surface area (Å²) < 4.78 is 82.0. The van der Waals surface area contributed by atoms with Gasteiger partial charge in [0, 0.05) is 21.4 Å². The zero-order valence-corrected chi connectivity index (χ0v) is 43.2. The molecule has 2 aliphatic rings. The molecule has 16 nitrogen and oxygen atoms in total. The Kier molecular flexibility index (Phi) is 19.9. The number of hydrogen-bond acceptors (Lipinski definition) is 14. The average Bonchev–Trinajstić information content (AvgIpc) is 4.16. The van der Waals surface area contributed by atoms with Gasteiger partial charge in [0.25, 0.3) is 0 Å². The number of alkyl halides is 7. The molecule has 0 radical (unpaired) electrons. The third kappa shape index (κ3) is 15.8. The largest absolute Gasteiger partial charge is 1.00 e. The predicted molar refractivity (Wildman–Crippen MR) is 257 cm³/mol. The molecule has 0 aliphatic carbocycles. The third-order valence-corrected chi connectivity index (χ3v) is 12.1. The van der Waals surface area contributed by atoms with Gasteiger partial charge in [0.15, 0.2) is 0 Å². The van der Waals surface area contributed by atoms with E-state index in [1.807, 2.05) is 38.1 Å². The Labute approximate surface area is 443 Å². The van der Waals surface area contributed by atoms with Crippen LogP contribution in [0.3, 0.4) is 0 Å². The number of carbonyl (C=O) groups is 2. The first kappa shape index (κ1) is 56.5. The molecule has 2 unspecified atom stereocenters. The molecule has 28 heteroatoms. The lowest BCUT2D eigenvalue weighted by Crippen LogP contribution is -3.00. The maximum absolute atomic E-state index is 13.4. The van der Waals surface area contributed by atoms with Gasteiger partial charge in [0.1, 0.15) is 38.1 Å². The van der Waals surface area contributed by atoms with Gasteiger partial charge in [-0.25, -0.2) is 19.6 Å². The van der Waals surface area contributed by atoms with Crippen molar-refractivity contribution in [3.05, 3.63) is 138 Å². The molecule has 6 aromatic rings. The number of aryl methyl sites for hydroxylation is 2. The standard InChI is InChI=1S/C22H16ClF3N6O2S.C20H15ClF3N5O2S.C2H2BrN.BrH/c1-13-28-29-20(35-13)18-12-32(30-19(18)14-2-4-15(23)5-3-14)21(33)31(11-10-27)16-6-8-17(9-7-16)34-22(24,25)26;1-11-26-27-18(32-11)16-10-29(28-17(16)12-2-4-13(21)5-3-12)19(30)25-14-6-8-15(9-7-14)31-20(22,23)24;3-1-2-4;/h2-9,18H,11-12H2,1H3;2-9,16H,10H2,1H3,(H,25,30);1H2;1H/p-1. The van der Waals surface area contributed by atoms with E-state index < -0.39 is 30.5 Å². The second kappa shape index (κ2) is 25.3. The van der Waals surface area contributed by atoms with Crippen molar-refractivity contribution in [2.45, 2.75) is 38.4 Å². The van der Waals surface area contributed by atoms with Gasteiger partial charge >= 0.3 is 24.8 Å². The van der Waals surface area contributed by atoms with Crippen molar-refractivity contribution in [1.82, 2.24) is 30.4 Å². The summed E-state index contributed by atoms with van der Waals surface area (Å²) in [6.07, 6.45) is -9.63. The average molecular weight is 1200 g/mol. The molecule has 0 saturated heterocycles. The van der Waals surface area contributed by atoms with Gasteiger partial charge in [-0.3, -0.25) is 4.90 Å². The minimum atomic E-state index is -4.84. The van der Waals surface area contributed by atoms with Crippen molar-refractivity contribution in [3.8, 4) is 23.6 Å². The molecule has 0 fully saturated rings. The number of hydrazone groups is 2. The maximum atomic E-state index is 13.4. The number of anilines is 2. The second-order valence-electron chi connectivity index (χ2n) is 14.4. The molecule has 376 valence electrons. The van der Waals surface area contributed by atoms with Crippen LogP contribution in [0.25, 0.3) is 0 Å². The van der Waals surface area contributed by atoms with Crippen LogP contribution in [0.5, 0.6) is 11.5 Å². The predicted octanol–water partition coefficient (Wildman–Crippen LogP) is 8.70. The van der Waals surface area contributed by atoms with Gasteiger partial charge in [0.05, 0.1) is 53.8 Å². The van der Waals surface area contributed by atoms with E-state index in [9.17, 15) is 41.2 Å². The minimum Gasteiger partial charge on any atom is -1.00 e. The Morgan fingerprint density at radius 3 is 1.51 bits per heavy atom. The highest BCUT2D eigenvalue weighted by molar-refractivity contribution is 9.09. The number of aromatic nitrogens is 4. The van der Waals surface area contributed by atoms with Crippen LogP contribution in [-0.2, 0) is 0 Å². The number of halogens is 10. The summed E-state index contributed by atoms with van der Waals surface area (Å²) in [6, 6.07) is 26.2. The van der Waals surface area contributed by atoms with E-state index in [0.717, 1.165) is 55.3 Å². The van der Waals surface area contributed by atoms with Crippen LogP contribution >= 0.6 is 61.8 Å². The van der Waals surface area contributed by atoms with Gasteiger partial charge in [-0.15, -0.1) is 69.4 Å². The van der Waals surface area contributed by atoms with E-state index in [4.69, 9.17) is 28.5 Å². The van der Waals surface area contributed by atoms with E-state index in [1.165, 1.54) is 57.0 Å². The highest BCUT2D eigenvalue weighted by Crippen LogP contribution is 2.35. The van der Waals surface area contributed by atoms with Crippen molar-refractivity contribution in [2.24, 2.45) is 10.2 Å². The van der Waals surface area contributed by atoms with Gasteiger partial charge in [0.2, 0.25) is 0 Å². The maximum Gasteiger partial charge on any atom is 0.573 e. The van der Waals surface area contributed by atoms with Gasteiger partial charge < -0.3 is 31.8 Å². The van der Waals surface area contributed by atoms with E-state index >= 15 is 0 Å². The van der Waals surface area contributed by atoms with Crippen molar-refractivity contribution in [1.29, 1.82) is 10.5 Å². The number of carbonyl (C=O) groups excluding carboxylic acids is 2. The van der Waals surface area contributed by atoms with E-state index in [-0.39, 0.29) is 59.9 Å². The first-order valence-electron chi connectivity index (χ1n) is 20.2. The molecular weight excluding hydrogens is 1170 g/mol. The zero-order chi connectivity index (χ0) is 51.5. The Morgan fingerprint density at radius 2 is 1.12 bits per heavy atom. The molecule has 72 heavy (non-hydrogen) atoms. The van der Waals surface area contributed by atoms with Crippen LogP contribution in [-0.4, -0.2) is 91.6 Å². The summed E-state index contributed by atoms with van der Waals surface area (Å²) in [5.74, 6) is -1.47. The van der Waals surface area contributed by atoms with Crippen molar-refractivity contribution >= 4 is 96.7 Å². The molecule has 8 rings (SSSR count). The molecule has 2 aromatic heterocycles. The van der Waals surface area contributed by atoms with Crippen LogP contribution < -0.4 is 36.7 Å². The zero-order valence-electron chi connectivity index (χ0n) is 36.9. The summed E-state index contributed by atoms with van der Waals surface area (Å²) >= 11 is 17.7. The molecule has 1 N–H and O–H groups in total. The lowest BCUT2D eigenvalue weighted by molar-refractivity contribution is -0.275. The molecule has 4 aromatic carbocycles. The number of hydrogen-bond donors (Lipinski definition) is 1. The first-order valence-corrected chi connectivity index (χ1v) is 23.7. The van der Waals surface area contributed by atoms with Gasteiger partial charge in [-0.2, -0.15) is 20.7 Å². The fourth-order valence-electron chi connectivity index (χ4n) is 6.54. The summed E-state index contributed by atoms with van der Waals surface area (Å²) in [7, 11) is 0. The number of rotatable bonds is 9. The number of urea groups is 2. The Hall–Kier alpha value is -6.42. The van der Waals surface area contributed by atoms with E-state index in [0.29, 0.717) is 37.5 Å². The van der Waals surface area contributed by atoms with Crippen LogP contribution in [0, 0.1) is 36.5 Å². The summed E-state index contributed by atoms with van der Waals surface area (Å²) in [4.78, 5) is 27.3. The SMILES string of the molecule is Cc1nnc(C2CN(C(=O)N(CC#N)c3ccc(OC(F)(F)F)cc3)N=C2c2ccc(Cl)cc2)s1.Cc1nnc(C2CN(C(=O)Nc3ccc(OC(F)(F)F)cc3)N=C2c2ccc(Cl)cc2)s1.N#CCBr.[Br-]. The highest BCUT2D eigenvalue weighted by atomic mass is 79.9. The van der Waals surface area contributed by atoms with Crippen LogP contribution in [0.2, 0.25) is 10.0 Å². The number of ether oxygens (including phenoxy) is 2. The molecule has 0 bridgehead atoms.